The minimum Gasteiger partial charge on any atom is -0.497 e. The summed E-state index contributed by atoms with van der Waals surface area (Å²) in [5.74, 6) is 0.736. The quantitative estimate of drug-likeness (QED) is 0.140. The molecular weight excluding hydrogens is 518 g/mol. The Bertz CT molecular complexity index is 1510. The van der Waals surface area contributed by atoms with Crippen LogP contribution in [-0.2, 0) is 21.4 Å². The van der Waals surface area contributed by atoms with Gasteiger partial charge in [0.1, 0.15) is 5.75 Å². The van der Waals surface area contributed by atoms with Gasteiger partial charge in [-0.3, -0.25) is 0 Å². The molecule has 0 bridgehead atoms. The average molecular weight is 554 g/mol. The maximum absolute atomic E-state index is 13.7. The van der Waals surface area contributed by atoms with Crippen molar-refractivity contribution in [2.45, 2.75) is 30.9 Å². The highest BCUT2D eigenvalue weighted by molar-refractivity contribution is 7.89. The van der Waals surface area contributed by atoms with Gasteiger partial charge in [-0.1, -0.05) is 103 Å². The fourth-order valence-corrected chi connectivity index (χ4v) is 5.73. The van der Waals surface area contributed by atoms with Gasteiger partial charge in [0.05, 0.1) is 31.3 Å². The van der Waals surface area contributed by atoms with Crippen LogP contribution in [0.5, 0.6) is 5.75 Å². The van der Waals surface area contributed by atoms with Gasteiger partial charge in [-0.15, -0.1) is 0 Å². The highest BCUT2D eigenvalue weighted by atomic mass is 32.2. The largest absolute Gasteiger partial charge is 0.497 e. The highest BCUT2D eigenvalue weighted by Crippen LogP contribution is 2.34. The van der Waals surface area contributed by atoms with Crippen molar-refractivity contribution >= 4 is 15.6 Å². The SMILES string of the molecule is C=C/C(=C(\CCOCc1ccccc1)[C@H](NS(=O)(=O)c1ccc(C)cc1)c1ccccc1)c1ccc(OC)cc1. The maximum Gasteiger partial charge on any atom is 0.241 e. The summed E-state index contributed by atoms with van der Waals surface area (Å²) in [5.41, 5.74) is 5.49. The second-order valence-electron chi connectivity index (χ2n) is 9.44. The summed E-state index contributed by atoms with van der Waals surface area (Å²) in [7, 11) is -2.23. The van der Waals surface area contributed by atoms with Crippen molar-refractivity contribution in [3.63, 3.8) is 0 Å². The zero-order chi connectivity index (χ0) is 28.4. The molecule has 4 aromatic carbocycles. The molecule has 206 valence electrons. The fourth-order valence-electron chi connectivity index (χ4n) is 4.51. The molecule has 0 radical (unpaired) electrons. The van der Waals surface area contributed by atoms with Crippen molar-refractivity contribution in [1.82, 2.24) is 4.72 Å². The Balaban J connectivity index is 1.76. The van der Waals surface area contributed by atoms with Gasteiger partial charge < -0.3 is 9.47 Å². The Morgan fingerprint density at radius 1 is 0.875 bits per heavy atom. The number of ether oxygens (including phenoxy) is 2. The Labute approximate surface area is 237 Å². The molecule has 0 amide bonds. The zero-order valence-corrected chi connectivity index (χ0v) is 23.7. The lowest BCUT2D eigenvalue weighted by Crippen LogP contribution is -2.31. The molecule has 0 aliphatic rings. The van der Waals surface area contributed by atoms with Crippen molar-refractivity contribution in [2.75, 3.05) is 13.7 Å². The first-order valence-corrected chi connectivity index (χ1v) is 14.6. The van der Waals surface area contributed by atoms with E-state index in [1.807, 2.05) is 91.9 Å². The van der Waals surface area contributed by atoms with Gasteiger partial charge in [-0.25, -0.2) is 8.42 Å². The first kappa shape index (κ1) is 29.0. The Kier molecular flexibility index (Phi) is 10.1. The molecule has 0 aliphatic carbocycles. The van der Waals surface area contributed by atoms with Crippen molar-refractivity contribution < 1.29 is 17.9 Å². The molecule has 0 saturated heterocycles. The summed E-state index contributed by atoms with van der Waals surface area (Å²) in [4.78, 5) is 0.211. The molecule has 0 heterocycles. The molecule has 1 atom stereocenters. The number of allylic oxidation sites excluding steroid dienone is 2. The van der Waals surface area contributed by atoms with Crippen molar-refractivity contribution in [3.8, 4) is 5.75 Å². The lowest BCUT2D eigenvalue weighted by Gasteiger charge is -2.25. The van der Waals surface area contributed by atoms with Crippen LogP contribution in [0.2, 0.25) is 0 Å². The molecular formula is C34H35NO4S. The van der Waals surface area contributed by atoms with E-state index in [4.69, 9.17) is 9.47 Å². The predicted octanol–water partition coefficient (Wildman–Crippen LogP) is 7.27. The summed E-state index contributed by atoms with van der Waals surface area (Å²) >= 11 is 0. The second kappa shape index (κ2) is 13.9. The number of aryl methyl sites for hydroxylation is 1. The van der Waals surface area contributed by atoms with Crippen LogP contribution in [0.25, 0.3) is 5.57 Å². The molecule has 0 unspecified atom stereocenters. The molecule has 6 heteroatoms. The standard InChI is InChI=1S/C34H35NO4S/c1-4-32(28-17-19-30(38-3)20-18-28)33(23-24-39-25-27-11-7-5-8-12-27)34(29-13-9-6-10-14-29)35-40(36,37)31-21-15-26(2)16-22-31/h4-22,34-35H,1,23-25H2,2-3H3/b33-32-/t34-/m1/s1. The summed E-state index contributed by atoms with van der Waals surface area (Å²) < 4.78 is 41.8. The van der Waals surface area contributed by atoms with Gasteiger partial charge in [0.15, 0.2) is 0 Å². The van der Waals surface area contributed by atoms with Gasteiger partial charge in [-0.2, -0.15) is 4.72 Å². The van der Waals surface area contributed by atoms with Crippen LogP contribution >= 0.6 is 0 Å². The van der Waals surface area contributed by atoms with Gasteiger partial charge >= 0.3 is 0 Å². The van der Waals surface area contributed by atoms with Crippen molar-refractivity contribution in [2.24, 2.45) is 0 Å². The molecule has 4 rings (SSSR count). The first-order chi connectivity index (χ1) is 19.4. The van der Waals surface area contributed by atoms with Crippen LogP contribution in [-0.4, -0.2) is 22.1 Å². The maximum atomic E-state index is 13.7. The minimum atomic E-state index is -3.86. The molecule has 4 aromatic rings. The van der Waals surface area contributed by atoms with Crippen LogP contribution < -0.4 is 9.46 Å². The van der Waals surface area contributed by atoms with Crippen LogP contribution in [0, 0.1) is 6.92 Å². The lowest BCUT2D eigenvalue weighted by molar-refractivity contribution is 0.123. The smallest absolute Gasteiger partial charge is 0.241 e. The molecule has 0 aromatic heterocycles. The van der Waals surface area contributed by atoms with E-state index >= 15 is 0 Å². The molecule has 1 N–H and O–H groups in total. The number of nitrogens with one attached hydrogen (secondary N) is 1. The predicted molar refractivity (Wildman–Crippen MR) is 162 cm³/mol. The van der Waals surface area contributed by atoms with Gasteiger partial charge in [0.25, 0.3) is 0 Å². The third-order valence-corrected chi connectivity index (χ3v) is 8.10. The van der Waals surface area contributed by atoms with Crippen LogP contribution in [0.4, 0.5) is 0 Å². The Morgan fingerprint density at radius 2 is 1.50 bits per heavy atom. The van der Waals surface area contributed by atoms with E-state index in [1.165, 1.54) is 0 Å². The van der Waals surface area contributed by atoms with Crippen LogP contribution in [0.3, 0.4) is 0 Å². The Hall–Kier alpha value is -3.97. The van der Waals surface area contributed by atoms with Gasteiger partial charge in [0.2, 0.25) is 10.0 Å². The van der Waals surface area contributed by atoms with Gasteiger partial charge in [0, 0.05) is 0 Å². The molecule has 5 nitrogen and oxygen atoms in total. The van der Waals surface area contributed by atoms with E-state index in [0.717, 1.165) is 39.1 Å². The zero-order valence-electron chi connectivity index (χ0n) is 22.9. The summed E-state index contributed by atoms with van der Waals surface area (Å²) in [6, 6.07) is 33.5. The number of rotatable bonds is 13. The third-order valence-electron chi connectivity index (χ3n) is 6.66. The highest BCUT2D eigenvalue weighted by Gasteiger charge is 2.26. The fraction of sp³-hybridized carbons (Fsp3) is 0.176. The molecule has 0 aliphatic heterocycles. The number of hydrogen-bond acceptors (Lipinski definition) is 4. The molecule has 0 saturated carbocycles. The minimum absolute atomic E-state index is 0.211. The number of methoxy groups -OCH3 is 1. The average Bonchev–Trinajstić information content (AvgIpc) is 2.99. The van der Waals surface area contributed by atoms with E-state index < -0.39 is 16.1 Å². The number of benzene rings is 4. The van der Waals surface area contributed by atoms with Crippen LogP contribution in [0.1, 0.15) is 34.7 Å². The lowest BCUT2D eigenvalue weighted by atomic mass is 9.89. The molecule has 40 heavy (non-hydrogen) atoms. The number of sulfonamides is 1. The summed E-state index contributed by atoms with van der Waals surface area (Å²) in [6.07, 6.45) is 2.26. The summed E-state index contributed by atoms with van der Waals surface area (Å²) in [5, 5.41) is 0. The van der Waals surface area contributed by atoms with Crippen molar-refractivity contribution in [3.05, 3.63) is 150 Å². The second-order valence-corrected chi connectivity index (χ2v) is 11.2. The van der Waals surface area contributed by atoms with E-state index in [-0.39, 0.29) is 4.90 Å². The van der Waals surface area contributed by atoms with E-state index in [2.05, 4.69) is 11.3 Å². The monoisotopic (exact) mass is 553 g/mol. The van der Waals surface area contributed by atoms with Crippen molar-refractivity contribution in [1.29, 1.82) is 0 Å². The van der Waals surface area contributed by atoms with E-state index in [9.17, 15) is 8.42 Å². The van der Waals surface area contributed by atoms with E-state index in [0.29, 0.717) is 19.6 Å². The third kappa shape index (κ3) is 7.57. The Morgan fingerprint density at radius 3 is 2.10 bits per heavy atom. The van der Waals surface area contributed by atoms with Crippen LogP contribution in [0.15, 0.2) is 132 Å². The number of hydrogen-bond donors (Lipinski definition) is 1. The summed E-state index contributed by atoms with van der Waals surface area (Å²) in [6.45, 7) is 6.90. The van der Waals surface area contributed by atoms with E-state index in [1.54, 1.807) is 37.5 Å². The molecule has 0 spiro atoms. The van der Waals surface area contributed by atoms with Gasteiger partial charge in [-0.05, 0) is 65.4 Å². The molecule has 0 fully saturated rings. The topological polar surface area (TPSA) is 64.6 Å². The first-order valence-electron chi connectivity index (χ1n) is 13.2. The normalized spacial score (nSPS) is 12.8.